The molecular formula is C22H24ClN3O2. The number of hydrogen-bond donors (Lipinski definition) is 1. The zero-order chi connectivity index (χ0) is 19.8. The van der Waals surface area contributed by atoms with E-state index in [1.807, 2.05) is 31.0 Å². The van der Waals surface area contributed by atoms with Crippen LogP contribution in [-0.4, -0.2) is 36.5 Å². The molecule has 6 heteroatoms. The summed E-state index contributed by atoms with van der Waals surface area (Å²) in [6.45, 7) is 2.70. The Bertz CT molecular complexity index is 943. The number of nitrogens with zero attached hydrogens (tertiary/aromatic N) is 2. The second-order valence-corrected chi connectivity index (χ2v) is 8.00. The second-order valence-electron chi connectivity index (χ2n) is 7.59. The number of rotatable bonds is 2. The predicted molar refractivity (Wildman–Crippen MR) is 112 cm³/mol. The van der Waals surface area contributed by atoms with Gasteiger partial charge >= 0.3 is 0 Å². The number of benzene rings is 2. The average molecular weight is 398 g/mol. The number of carbonyl (C=O) groups excluding carboxylic acids is 2. The molecule has 1 N–H and O–H groups in total. The summed E-state index contributed by atoms with van der Waals surface area (Å²) in [6.07, 6.45) is 4.34. The summed E-state index contributed by atoms with van der Waals surface area (Å²) in [4.78, 5) is 29.9. The summed E-state index contributed by atoms with van der Waals surface area (Å²) in [6, 6.07) is 10.7. The highest BCUT2D eigenvalue weighted by atomic mass is 35.5. The Morgan fingerprint density at radius 1 is 1.14 bits per heavy atom. The summed E-state index contributed by atoms with van der Waals surface area (Å²) >= 11 is 6.06. The number of aryl methyl sites for hydroxylation is 1. The zero-order valence-electron chi connectivity index (χ0n) is 16.2. The van der Waals surface area contributed by atoms with Crippen molar-refractivity contribution in [2.24, 2.45) is 0 Å². The highest BCUT2D eigenvalue weighted by Gasteiger charge is 2.36. The monoisotopic (exact) mass is 397 g/mol. The molecule has 0 aliphatic carbocycles. The topological polar surface area (TPSA) is 52.7 Å². The first-order valence-corrected chi connectivity index (χ1v) is 10.1. The third-order valence-corrected chi connectivity index (χ3v) is 6.14. The fraction of sp³-hybridized carbons (Fsp3) is 0.364. The van der Waals surface area contributed by atoms with E-state index in [-0.39, 0.29) is 18.0 Å². The first-order valence-electron chi connectivity index (χ1n) is 9.71. The summed E-state index contributed by atoms with van der Waals surface area (Å²) in [5.74, 6) is -0.131. The smallest absolute Gasteiger partial charge is 0.257 e. The Kier molecular flexibility index (Phi) is 5.02. The van der Waals surface area contributed by atoms with E-state index < -0.39 is 0 Å². The number of hydrogen-bond acceptors (Lipinski definition) is 3. The summed E-state index contributed by atoms with van der Waals surface area (Å²) in [7, 11) is 2.01. The molecule has 0 spiro atoms. The third-order valence-electron chi connectivity index (χ3n) is 5.72. The van der Waals surface area contributed by atoms with E-state index in [0.29, 0.717) is 21.8 Å². The number of amides is 2. The molecule has 2 heterocycles. The first-order chi connectivity index (χ1) is 13.5. The number of carbonyl (C=O) groups is 2. The maximum absolute atomic E-state index is 13.0. The largest absolute Gasteiger partial charge is 0.354 e. The van der Waals surface area contributed by atoms with E-state index >= 15 is 0 Å². The molecule has 0 radical (unpaired) electrons. The SMILES string of the molecule is Cc1cc(NC(=O)c2ccc3c(c2)N(C)C2CCCCCN2C3=O)ccc1Cl. The predicted octanol–water partition coefficient (Wildman–Crippen LogP) is 4.69. The Morgan fingerprint density at radius 3 is 2.75 bits per heavy atom. The Balaban J connectivity index is 1.62. The van der Waals surface area contributed by atoms with Gasteiger partial charge in [0.15, 0.2) is 0 Å². The molecule has 4 rings (SSSR count). The van der Waals surface area contributed by atoms with Crippen LogP contribution in [0.2, 0.25) is 5.02 Å². The molecular weight excluding hydrogens is 374 g/mol. The van der Waals surface area contributed by atoms with Crippen LogP contribution in [0.25, 0.3) is 0 Å². The molecule has 2 aromatic rings. The molecule has 0 aromatic heterocycles. The van der Waals surface area contributed by atoms with Crippen molar-refractivity contribution < 1.29 is 9.59 Å². The molecule has 5 nitrogen and oxygen atoms in total. The number of nitrogens with one attached hydrogen (secondary N) is 1. The highest BCUT2D eigenvalue weighted by molar-refractivity contribution is 6.31. The Morgan fingerprint density at radius 2 is 1.96 bits per heavy atom. The standard InChI is InChI=1S/C22H24ClN3O2/c1-14-12-16(8-10-18(14)23)24-21(27)15-7-9-17-19(13-15)25(2)20-6-4-3-5-11-26(20)22(17)28/h7-10,12-13,20H,3-6,11H2,1-2H3,(H,24,27). The van der Waals surface area contributed by atoms with Crippen molar-refractivity contribution in [2.75, 3.05) is 23.8 Å². The second kappa shape index (κ2) is 7.47. The van der Waals surface area contributed by atoms with E-state index in [1.165, 1.54) is 0 Å². The van der Waals surface area contributed by atoms with Crippen LogP contribution >= 0.6 is 11.6 Å². The summed E-state index contributed by atoms with van der Waals surface area (Å²) in [5, 5.41) is 3.58. The van der Waals surface area contributed by atoms with Crippen molar-refractivity contribution in [1.82, 2.24) is 4.90 Å². The fourth-order valence-corrected chi connectivity index (χ4v) is 4.23. The minimum atomic E-state index is -0.200. The lowest BCUT2D eigenvalue weighted by molar-refractivity contribution is 0.0661. The van der Waals surface area contributed by atoms with Gasteiger partial charge in [-0.2, -0.15) is 0 Å². The van der Waals surface area contributed by atoms with Crippen molar-refractivity contribution >= 4 is 34.8 Å². The number of anilines is 2. The molecule has 146 valence electrons. The molecule has 2 aliphatic heterocycles. The van der Waals surface area contributed by atoms with Gasteiger partial charge in [0.2, 0.25) is 0 Å². The molecule has 2 aliphatic rings. The highest BCUT2D eigenvalue weighted by Crippen LogP contribution is 2.34. The van der Waals surface area contributed by atoms with Crippen LogP contribution in [0.15, 0.2) is 36.4 Å². The van der Waals surface area contributed by atoms with Gasteiger partial charge in [0.1, 0.15) is 6.17 Å². The Labute approximate surface area is 170 Å². The van der Waals surface area contributed by atoms with Crippen LogP contribution in [0.4, 0.5) is 11.4 Å². The van der Waals surface area contributed by atoms with E-state index in [4.69, 9.17) is 11.6 Å². The molecule has 1 unspecified atom stereocenters. The molecule has 2 aromatic carbocycles. The lowest BCUT2D eigenvalue weighted by atomic mass is 10.0. The molecule has 0 saturated carbocycles. The van der Waals surface area contributed by atoms with Gasteiger partial charge < -0.3 is 15.1 Å². The van der Waals surface area contributed by atoms with E-state index in [9.17, 15) is 9.59 Å². The van der Waals surface area contributed by atoms with Crippen LogP contribution in [0.1, 0.15) is 52.0 Å². The van der Waals surface area contributed by atoms with Gasteiger partial charge in [0.05, 0.1) is 11.3 Å². The molecule has 28 heavy (non-hydrogen) atoms. The summed E-state index contributed by atoms with van der Waals surface area (Å²) in [5.41, 5.74) is 3.63. The average Bonchev–Trinajstić information content (AvgIpc) is 2.95. The minimum Gasteiger partial charge on any atom is -0.354 e. The van der Waals surface area contributed by atoms with Crippen LogP contribution in [0.3, 0.4) is 0 Å². The molecule has 2 amide bonds. The lowest BCUT2D eigenvalue weighted by Crippen LogP contribution is -2.53. The van der Waals surface area contributed by atoms with Crippen LogP contribution in [-0.2, 0) is 0 Å². The van der Waals surface area contributed by atoms with Gasteiger partial charge in [-0.05, 0) is 68.1 Å². The maximum Gasteiger partial charge on any atom is 0.257 e. The lowest BCUT2D eigenvalue weighted by Gasteiger charge is -2.43. The minimum absolute atomic E-state index is 0.0692. The van der Waals surface area contributed by atoms with E-state index in [2.05, 4.69) is 10.2 Å². The van der Waals surface area contributed by atoms with Gasteiger partial charge in [-0.15, -0.1) is 0 Å². The fourth-order valence-electron chi connectivity index (χ4n) is 4.12. The third kappa shape index (κ3) is 3.35. The molecule has 1 atom stereocenters. The molecule has 1 saturated heterocycles. The van der Waals surface area contributed by atoms with Crippen molar-refractivity contribution in [3.05, 3.63) is 58.1 Å². The van der Waals surface area contributed by atoms with Crippen LogP contribution in [0, 0.1) is 6.92 Å². The van der Waals surface area contributed by atoms with Crippen molar-refractivity contribution in [1.29, 1.82) is 0 Å². The molecule has 1 fully saturated rings. The van der Waals surface area contributed by atoms with Gasteiger partial charge in [0.25, 0.3) is 11.8 Å². The van der Waals surface area contributed by atoms with Crippen molar-refractivity contribution in [3.8, 4) is 0 Å². The van der Waals surface area contributed by atoms with Crippen LogP contribution in [0.5, 0.6) is 0 Å². The van der Waals surface area contributed by atoms with E-state index in [1.54, 1.807) is 24.3 Å². The normalized spacial score (nSPS) is 19.0. The van der Waals surface area contributed by atoms with Gasteiger partial charge in [0, 0.05) is 29.9 Å². The quantitative estimate of drug-likeness (QED) is 0.799. The zero-order valence-corrected chi connectivity index (χ0v) is 16.9. The molecule has 0 bridgehead atoms. The van der Waals surface area contributed by atoms with E-state index in [0.717, 1.165) is 43.5 Å². The van der Waals surface area contributed by atoms with Crippen molar-refractivity contribution in [3.63, 3.8) is 0 Å². The Hall–Kier alpha value is -2.53. The van der Waals surface area contributed by atoms with Crippen molar-refractivity contribution in [2.45, 2.75) is 38.8 Å². The number of fused-ring (bicyclic) bond motifs is 2. The number of halogens is 1. The first kappa shape index (κ1) is 18.8. The van der Waals surface area contributed by atoms with Gasteiger partial charge in [-0.25, -0.2) is 0 Å². The van der Waals surface area contributed by atoms with Gasteiger partial charge in [-0.1, -0.05) is 18.0 Å². The summed E-state index contributed by atoms with van der Waals surface area (Å²) < 4.78 is 0. The van der Waals surface area contributed by atoms with Crippen LogP contribution < -0.4 is 10.2 Å². The van der Waals surface area contributed by atoms with Gasteiger partial charge in [-0.3, -0.25) is 9.59 Å². The maximum atomic E-state index is 13.0.